The van der Waals surface area contributed by atoms with E-state index in [1.165, 1.54) is 6.08 Å². The van der Waals surface area contributed by atoms with Crippen LogP contribution in [0.25, 0.3) is 6.08 Å². The number of cyclic esters (lactones) is 1. The Hall–Kier alpha value is -2.30. The summed E-state index contributed by atoms with van der Waals surface area (Å²) >= 11 is 0. The van der Waals surface area contributed by atoms with Gasteiger partial charge in [0, 0.05) is 5.92 Å². The van der Waals surface area contributed by atoms with Gasteiger partial charge in [-0.25, -0.2) is 9.59 Å². The molecule has 1 aromatic rings. The maximum absolute atomic E-state index is 11.7. The van der Waals surface area contributed by atoms with Crippen molar-refractivity contribution >= 4 is 18.0 Å². The lowest BCUT2D eigenvalue weighted by Gasteiger charge is -2.24. The molecule has 1 aliphatic heterocycles. The van der Waals surface area contributed by atoms with Crippen LogP contribution in [-0.2, 0) is 19.1 Å². The quantitative estimate of drug-likeness (QED) is 0.666. The van der Waals surface area contributed by atoms with Crippen molar-refractivity contribution in [3.8, 4) is 0 Å². The van der Waals surface area contributed by atoms with Crippen LogP contribution in [0.3, 0.4) is 0 Å². The molecule has 1 saturated heterocycles. The first-order valence-corrected chi connectivity index (χ1v) is 5.88. The van der Waals surface area contributed by atoms with Gasteiger partial charge >= 0.3 is 17.7 Å². The summed E-state index contributed by atoms with van der Waals surface area (Å²) in [5.74, 6) is -4.61. The summed E-state index contributed by atoms with van der Waals surface area (Å²) in [5.41, 5.74) is 0.736. The average molecular weight is 262 g/mol. The van der Waals surface area contributed by atoms with E-state index in [-0.39, 0.29) is 5.76 Å². The highest BCUT2D eigenvalue weighted by atomic mass is 16.8. The van der Waals surface area contributed by atoms with E-state index in [2.05, 4.69) is 0 Å². The molecule has 0 saturated carbocycles. The number of esters is 1. The fraction of sp³-hybridized carbons (Fsp3) is 0.286. The molecule has 0 amide bonds. The van der Waals surface area contributed by atoms with Crippen molar-refractivity contribution in [2.45, 2.75) is 19.6 Å². The molecule has 1 heterocycles. The Morgan fingerprint density at radius 3 is 2.37 bits per heavy atom. The first-order chi connectivity index (χ1) is 8.95. The Kier molecular flexibility index (Phi) is 3.29. The Labute approximate surface area is 110 Å². The molecule has 1 unspecified atom stereocenters. The second kappa shape index (κ2) is 4.76. The van der Waals surface area contributed by atoms with Crippen molar-refractivity contribution in [1.82, 2.24) is 0 Å². The van der Waals surface area contributed by atoms with Crippen LogP contribution in [-0.4, -0.2) is 22.8 Å². The van der Waals surface area contributed by atoms with Crippen molar-refractivity contribution in [2.24, 2.45) is 5.92 Å². The third-order valence-electron chi connectivity index (χ3n) is 2.86. The summed E-state index contributed by atoms with van der Waals surface area (Å²) in [4.78, 5) is 23.0. The topological polar surface area (TPSA) is 72.8 Å². The molecule has 0 bridgehead atoms. The second-order valence-electron chi connectivity index (χ2n) is 4.54. The standard InChI is InChI=1S/C14H14O5/c1-9(2)14(13(16)17)18-11(12(15)19-14)8-10-6-4-3-5-7-10/h3-9H,1-2H3,(H,16,17)/b11-8+. The summed E-state index contributed by atoms with van der Waals surface area (Å²) in [7, 11) is 0. The summed E-state index contributed by atoms with van der Waals surface area (Å²) in [6, 6.07) is 9.00. The van der Waals surface area contributed by atoms with E-state index in [0.29, 0.717) is 0 Å². The van der Waals surface area contributed by atoms with Crippen LogP contribution in [0.2, 0.25) is 0 Å². The monoisotopic (exact) mass is 262 g/mol. The molecule has 19 heavy (non-hydrogen) atoms. The van der Waals surface area contributed by atoms with Gasteiger partial charge in [-0.2, -0.15) is 0 Å². The first kappa shape index (κ1) is 13.1. The van der Waals surface area contributed by atoms with E-state index >= 15 is 0 Å². The summed E-state index contributed by atoms with van der Waals surface area (Å²) in [6.07, 6.45) is 1.47. The largest absolute Gasteiger partial charge is 0.475 e. The van der Waals surface area contributed by atoms with Gasteiger partial charge < -0.3 is 14.6 Å². The molecule has 5 nitrogen and oxygen atoms in total. The summed E-state index contributed by atoms with van der Waals surface area (Å²) in [5, 5.41) is 9.21. The zero-order valence-corrected chi connectivity index (χ0v) is 10.6. The molecule has 1 fully saturated rings. The fourth-order valence-electron chi connectivity index (χ4n) is 1.77. The van der Waals surface area contributed by atoms with Gasteiger partial charge in [-0.05, 0) is 11.6 Å². The number of hydrogen-bond acceptors (Lipinski definition) is 4. The first-order valence-electron chi connectivity index (χ1n) is 5.88. The maximum Gasteiger partial charge on any atom is 0.390 e. The number of ether oxygens (including phenoxy) is 2. The SMILES string of the molecule is CC(C)C1(C(=O)O)OC(=O)/C(=C\c2ccccc2)O1. The van der Waals surface area contributed by atoms with Gasteiger partial charge in [0.25, 0.3) is 0 Å². The highest BCUT2D eigenvalue weighted by Crippen LogP contribution is 2.35. The van der Waals surface area contributed by atoms with Crippen molar-refractivity contribution in [1.29, 1.82) is 0 Å². The van der Waals surface area contributed by atoms with Crippen LogP contribution in [0.4, 0.5) is 0 Å². The number of carboxylic acid groups (broad SMARTS) is 1. The molecule has 0 radical (unpaired) electrons. The Morgan fingerprint density at radius 1 is 1.26 bits per heavy atom. The number of hydrogen-bond donors (Lipinski definition) is 1. The van der Waals surface area contributed by atoms with Crippen molar-refractivity contribution in [2.75, 3.05) is 0 Å². The molecule has 2 rings (SSSR count). The molecule has 0 aliphatic carbocycles. The number of aliphatic carboxylic acids is 1. The fourth-order valence-corrected chi connectivity index (χ4v) is 1.77. The van der Waals surface area contributed by atoms with Gasteiger partial charge in [0.1, 0.15) is 0 Å². The minimum atomic E-state index is -1.93. The van der Waals surface area contributed by atoms with E-state index in [9.17, 15) is 14.7 Å². The maximum atomic E-state index is 11.7. The van der Waals surface area contributed by atoms with Crippen molar-refractivity contribution in [3.05, 3.63) is 41.7 Å². The van der Waals surface area contributed by atoms with Crippen molar-refractivity contribution < 1.29 is 24.2 Å². The smallest absolute Gasteiger partial charge is 0.390 e. The van der Waals surface area contributed by atoms with Crippen LogP contribution in [0.5, 0.6) is 0 Å². The number of benzene rings is 1. The van der Waals surface area contributed by atoms with Gasteiger partial charge in [-0.15, -0.1) is 0 Å². The molecule has 0 aromatic heterocycles. The van der Waals surface area contributed by atoms with E-state index in [4.69, 9.17) is 9.47 Å². The van der Waals surface area contributed by atoms with E-state index in [0.717, 1.165) is 5.56 Å². The molecule has 1 atom stereocenters. The molecular formula is C14H14O5. The third kappa shape index (κ3) is 2.31. The number of carboxylic acids is 1. The molecule has 100 valence electrons. The third-order valence-corrected chi connectivity index (χ3v) is 2.86. The number of rotatable bonds is 3. The second-order valence-corrected chi connectivity index (χ2v) is 4.54. The van der Waals surface area contributed by atoms with Gasteiger partial charge in [-0.3, -0.25) is 0 Å². The molecule has 5 heteroatoms. The van der Waals surface area contributed by atoms with Crippen LogP contribution in [0.15, 0.2) is 36.1 Å². The molecule has 1 N–H and O–H groups in total. The van der Waals surface area contributed by atoms with E-state index in [1.54, 1.807) is 38.1 Å². The minimum Gasteiger partial charge on any atom is -0.475 e. The van der Waals surface area contributed by atoms with E-state index in [1.807, 2.05) is 6.07 Å². The van der Waals surface area contributed by atoms with Gasteiger partial charge in [0.05, 0.1) is 0 Å². The summed E-state index contributed by atoms with van der Waals surface area (Å²) < 4.78 is 10.2. The van der Waals surface area contributed by atoms with Crippen molar-refractivity contribution in [3.63, 3.8) is 0 Å². The van der Waals surface area contributed by atoms with E-state index < -0.39 is 23.6 Å². The predicted molar refractivity (Wildman–Crippen MR) is 66.8 cm³/mol. The lowest BCUT2D eigenvalue weighted by atomic mass is 10.0. The van der Waals surface area contributed by atoms with Gasteiger partial charge in [0.15, 0.2) is 0 Å². The molecule has 0 spiro atoms. The highest BCUT2D eigenvalue weighted by Gasteiger charge is 2.55. The Morgan fingerprint density at radius 2 is 1.89 bits per heavy atom. The Bertz CT molecular complexity index is 532. The average Bonchev–Trinajstić information content (AvgIpc) is 2.69. The molecule has 1 aliphatic rings. The normalized spacial score (nSPS) is 24.4. The molecule has 1 aromatic carbocycles. The zero-order valence-electron chi connectivity index (χ0n) is 10.6. The van der Waals surface area contributed by atoms with Crippen LogP contribution >= 0.6 is 0 Å². The van der Waals surface area contributed by atoms with Gasteiger partial charge in [0.2, 0.25) is 5.76 Å². The number of carbonyl (C=O) groups is 2. The number of carbonyl (C=O) groups excluding carboxylic acids is 1. The predicted octanol–water partition coefficient (Wildman–Crippen LogP) is 2.04. The zero-order chi connectivity index (χ0) is 14.0. The van der Waals surface area contributed by atoms with Crippen LogP contribution in [0.1, 0.15) is 19.4 Å². The molecular weight excluding hydrogens is 248 g/mol. The van der Waals surface area contributed by atoms with Crippen LogP contribution in [0, 0.1) is 5.92 Å². The highest BCUT2D eigenvalue weighted by molar-refractivity contribution is 5.96. The lowest BCUT2D eigenvalue weighted by molar-refractivity contribution is -0.212. The summed E-state index contributed by atoms with van der Waals surface area (Å²) in [6.45, 7) is 3.24. The van der Waals surface area contributed by atoms with Gasteiger partial charge in [-0.1, -0.05) is 44.2 Å². The minimum absolute atomic E-state index is 0.0951. The Balaban J connectivity index is 2.34. The lowest BCUT2D eigenvalue weighted by Crippen LogP contribution is -2.45. The van der Waals surface area contributed by atoms with Crippen LogP contribution < -0.4 is 0 Å².